The van der Waals surface area contributed by atoms with Crippen LogP contribution >= 0.6 is 0 Å². The van der Waals surface area contributed by atoms with E-state index in [0.717, 1.165) is 47.8 Å². The number of rotatable bonds is 6. The molecule has 2 aromatic rings. The van der Waals surface area contributed by atoms with Gasteiger partial charge in [-0.25, -0.2) is 4.57 Å². The van der Waals surface area contributed by atoms with E-state index >= 15 is 0 Å². The Morgan fingerprint density at radius 1 is 1.00 bits per heavy atom. The maximum absolute atomic E-state index is 13.2. The Hall–Kier alpha value is -3.82. The molecule has 1 aliphatic rings. The highest BCUT2D eigenvalue weighted by Gasteiger charge is 2.31. The number of aliphatic carboxylic acids is 1. The Bertz CT molecular complexity index is 1160. The molecule has 1 aromatic carbocycles. The summed E-state index contributed by atoms with van der Waals surface area (Å²) >= 11 is 0. The van der Waals surface area contributed by atoms with Crippen molar-refractivity contribution in [3.63, 3.8) is 0 Å². The summed E-state index contributed by atoms with van der Waals surface area (Å²) in [6.07, 6.45) is 4.36. The molecular weight excluding hydrogens is 430 g/mol. The maximum Gasteiger partial charge on any atom is 0.322 e. The van der Waals surface area contributed by atoms with Crippen LogP contribution in [0.4, 0.5) is 0 Å². The molecule has 0 spiro atoms. The molecular formula is C23H27N3O7. The minimum absolute atomic E-state index is 0.170. The summed E-state index contributed by atoms with van der Waals surface area (Å²) in [5, 5.41) is 35.2. The van der Waals surface area contributed by atoms with Gasteiger partial charge in [0.15, 0.2) is 5.75 Å². The van der Waals surface area contributed by atoms with Gasteiger partial charge in [0.05, 0.1) is 5.69 Å². The average molecular weight is 457 g/mol. The Labute approximate surface area is 189 Å². The molecule has 1 aromatic heterocycles. The number of nitrogens with one attached hydrogen (secondary N) is 2. The molecule has 3 rings (SSSR count). The van der Waals surface area contributed by atoms with E-state index in [4.69, 9.17) is 5.11 Å². The zero-order valence-corrected chi connectivity index (χ0v) is 18.5. The Morgan fingerprint density at radius 3 is 2.27 bits per heavy atom. The summed E-state index contributed by atoms with van der Waals surface area (Å²) in [7, 11) is 0. The molecule has 0 radical (unpaired) electrons. The zero-order valence-electron chi connectivity index (χ0n) is 18.5. The van der Waals surface area contributed by atoms with Crippen molar-refractivity contribution in [2.45, 2.75) is 52.0 Å². The second-order valence-corrected chi connectivity index (χ2v) is 8.22. The molecule has 5 N–H and O–H groups in total. The fourth-order valence-corrected chi connectivity index (χ4v) is 3.92. The van der Waals surface area contributed by atoms with Crippen LogP contribution in [0, 0.1) is 13.8 Å². The summed E-state index contributed by atoms with van der Waals surface area (Å²) in [5.74, 6) is -5.19. The number of hydrogen-bond acceptors (Lipinski definition) is 6. The van der Waals surface area contributed by atoms with Gasteiger partial charge in [0, 0.05) is 6.04 Å². The largest absolute Gasteiger partial charge is 0.506 e. The van der Waals surface area contributed by atoms with Crippen LogP contribution in [0.25, 0.3) is 5.69 Å². The fraction of sp³-hybridized carbons (Fsp3) is 0.391. The minimum atomic E-state index is -1.36. The molecule has 1 saturated carbocycles. The summed E-state index contributed by atoms with van der Waals surface area (Å²) in [5.41, 5.74) is -0.665. The SMILES string of the molecule is Cc1ccc(-n2c(O)c(C(=O)NC3CCCCC3)c(O)c(C(=O)NCC(=O)O)c2=O)cc1C. The maximum atomic E-state index is 13.2. The highest BCUT2D eigenvalue weighted by molar-refractivity contribution is 6.05. The molecule has 176 valence electrons. The molecule has 10 nitrogen and oxygen atoms in total. The van der Waals surface area contributed by atoms with Crippen LogP contribution < -0.4 is 16.2 Å². The van der Waals surface area contributed by atoms with Crippen LogP contribution in [0.5, 0.6) is 11.6 Å². The van der Waals surface area contributed by atoms with Gasteiger partial charge >= 0.3 is 5.97 Å². The number of carboxylic acid groups (broad SMARTS) is 1. The van der Waals surface area contributed by atoms with Crippen LogP contribution in [0.1, 0.15) is 63.9 Å². The Balaban J connectivity index is 2.18. The lowest BCUT2D eigenvalue weighted by Crippen LogP contribution is -2.39. The van der Waals surface area contributed by atoms with Gasteiger partial charge < -0.3 is 26.0 Å². The van der Waals surface area contributed by atoms with Gasteiger partial charge in [-0.15, -0.1) is 0 Å². The van der Waals surface area contributed by atoms with Crippen LogP contribution in [-0.4, -0.2) is 50.3 Å². The van der Waals surface area contributed by atoms with E-state index in [2.05, 4.69) is 5.32 Å². The van der Waals surface area contributed by atoms with E-state index in [0.29, 0.717) is 0 Å². The van der Waals surface area contributed by atoms with Crippen molar-refractivity contribution in [2.24, 2.45) is 0 Å². The lowest BCUT2D eigenvalue weighted by Gasteiger charge is -2.24. The second kappa shape index (κ2) is 9.76. The topological polar surface area (TPSA) is 158 Å². The summed E-state index contributed by atoms with van der Waals surface area (Å²) < 4.78 is 0.762. The fourth-order valence-electron chi connectivity index (χ4n) is 3.92. The normalized spacial score (nSPS) is 14.0. The number of aromatic nitrogens is 1. The third-order valence-corrected chi connectivity index (χ3v) is 5.87. The van der Waals surface area contributed by atoms with Gasteiger partial charge in [0.2, 0.25) is 5.88 Å². The lowest BCUT2D eigenvalue weighted by molar-refractivity contribution is -0.135. The third-order valence-electron chi connectivity index (χ3n) is 5.87. The molecule has 33 heavy (non-hydrogen) atoms. The van der Waals surface area contributed by atoms with Crippen molar-refractivity contribution in [1.29, 1.82) is 0 Å². The van der Waals surface area contributed by atoms with Crippen LogP contribution in [0.3, 0.4) is 0 Å². The molecule has 10 heteroatoms. The first-order valence-electron chi connectivity index (χ1n) is 10.7. The number of aryl methyl sites for hydroxylation is 2. The smallest absolute Gasteiger partial charge is 0.322 e. The van der Waals surface area contributed by atoms with E-state index in [-0.39, 0.29) is 11.7 Å². The van der Waals surface area contributed by atoms with Gasteiger partial charge in [0.1, 0.15) is 17.7 Å². The van der Waals surface area contributed by atoms with E-state index in [1.165, 1.54) is 6.07 Å². The van der Waals surface area contributed by atoms with Crippen molar-refractivity contribution < 1.29 is 29.7 Å². The standard InChI is InChI=1S/C23H27N3O7/c1-12-8-9-15(10-13(12)2)26-22(32)17(20(30)24-11-16(27)28)19(29)18(23(26)33)21(31)25-14-6-4-3-5-7-14/h8-10,14,29,33H,3-7,11H2,1-2H3,(H,24,30)(H,25,31)(H,27,28). The van der Waals surface area contributed by atoms with E-state index in [1.807, 2.05) is 12.2 Å². The van der Waals surface area contributed by atoms with Gasteiger partial charge in [-0.1, -0.05) is 25.3 Å². The molecule has 0 aliphatic heterocycles. The molecule has 0 bridgehead atoms. The van der Waals surface area contributed by atoms with Gasteiger partial charge in [-0.2, -0.15) is 0 Å². The molecule has 0 saturated heterocycles. The minimum Gasteiger partial charge on any atom is -0.506 e. The second-order valence-electron chi connectivity index (χ2n) is 8.22. The molecule has 2 amide bonds. The van der Waals surface area contributed by atoms with Crippen LogP contribution in [-0.2, 0) is 4.79 Å². The van der Waals surface area contributed by atoms with E-state index in [1.54, 1.807) is 19.1 Å². The van der Waals surface area contributed by atoms with Crippen molar-refractivity contribution >= 4 is 17.8 Å². The first-order valence-corrected chi connectivity index (χ1v) is 10.7. The number of benzene rings is 1. The quantitative estimate of drug-likeness (QED) is 0.442. The van der Waals surface area contributed by atoms with Crippen molar-refractivity contribution in [3.8, 4) is 17.3 Å². The number of carboxylic acids is 1. The van der Waals surface area contributed by atoms with Crippen molar-refractivity contribution in [1.82, 2.24) is 15.2 Å². The van der Waals surface area contributed by atoms with Crippen molar-refractivity contribution in [2.75, 3.05) is 6.54 Å². The predicted molar refractivity (Wildman–Crippen MR) is 119 cm³/mol. The number of carbonyl (C=O) groups is 3. The number of carbonyl (C=O) groups excluding carboxylic acids is 2. The van der Waals surface area contributed by atoms with Crippen molar-refractivity contribution in [3.05, 3.63) is 50.8 Å². The number of amides is 2. The van der Waals surface area contributed by atoms with Gasteiger partial charge in [-0.05, 0) is 49.9 Å². The summed E-state index contributed by atoms with van der Waals surface area (Å²) in [4.78, 5) is 49.7. The molecule has 1 fully saturated rings. The average Bonchev–Trinajstić information content (AvgIpc) is 2.75. The number of hydrogen-bond donors (Lipinski definition) is 5. The van der Waals surface area contributed by atoms with E-state index in [9.17, 15) is 29.4 Å². The highest BCUT2D eigenvalue weighted by Crippen LogP contribution is 2.31. The van der Waals surface area contributed by atoms with Crippen LogP contribution in [0.2, 0.25) is 0 Å². The van der Waals surface area contributed by atoms with Gasteiger partial charge in [0.25, 0.3) is 17.4 Å². The Morgan fingerprint density at radius 2 is 1.67 bits per heavy atom. The molecule has 1 aliphatic carbocycles. The summed E-state index contributed by atoms with van der Waals surface area (Å²) in [6.45, 7) is 2.84. The third kappa shape index (κ3) is 5.00. The summed E-state index contributed by atoms with van der Waals surface area (Å²) in [6, 6.07) is 4.66. The molecule has 1 heterocycles. The molecule has 0 unspecified atom stereocenters. The van der Waals surface area contributed by atoms with Crippen LogP contribution in [0.15, 0.2) is 23.0 Å². The number of aromatic hydroxyl groups is 2. The monoisotopic (exact) mass is 457 g/mol. The predicted octanol–water partition coefficient (Wildman–Crippen LogP) is 1.74. The highest BCUT2D eigenvalue weighted by atomic mass is 16.4. The lowest BCUT2D eigenvalue weighted by atomic mass is 9.95. The van der Waals surface area contributed by atoms with Gasteiger partial charge in [-0.3, -0.25) is 19.2 Å². The zero-order chi connectivity index (χ0) is 24.3. The number of nitrogens with zero attached hydrogens (tertiary/aromatic N) is 1. The Kier molecular flexibility index (Phi) is 7.05. The van der Waals surface area contributed by atoms with E-state index < -0.39 is 52.6 Å². The first kappa shape index (κ1) is 23.8. The number of pyridine rings is 1. The first-order chi connectivity index (χ1) is 15.6. The molecule has 0 atom stereocenters.